The number of anilines is 6. The lowest BCUT2D eigenvalue weighted by molar-refractivity contribution is -0.120. The van der Waals surface area contributed by atoms with Gasteiger partial charge in [-0.3, -0.25) is 48.7 Å². The summed E-state index contributed by atoms with van der Waals surface area (Å²) in [4.78, 5) is 102. The lowest BCUT2D eigenvalue weighted by atomic mass is 9.92. The van der Waals surface area contributed by atoms with Crippen LogP contribution in [0.15, 0.2) is 297 Å². The van der Waals surface area contributed by atoms with Crippen LogP contribution in [0.3, 0.4) is 0 Å². The molecule has 0 aliphatic carbocycles. The van der Waals surface area contributed by atoms with Gasteiger partial charge in [0.25, 0.3) is 11.8 Å². The third-order valence-electron chi connectivity index (χ3n) is 21.4. The van der Waals surface area contributed by atoms with Crippen molar-refractivity contribution in [3.63, 3.8) is 0 Å². The van der Waals surface area contributed by atoms with Gasteiger partial charge in [-0.1, -0.05) is 218 Å². The van der Waals surface area contributed by atoms with E-state index in [0.717, 1.165) is 90.1 Å². The van der Waals surface area contributed by atoms with E-state index in [1.54, 1.807) is 151 Å². The van der Waals surface area contributed by atoms with Gasteiger partial charge in [-0.15, -0.1) is 0 Å². The molecule has 4 heterocycles. The molecule has 666 valence electrons. The zero-order valence-corrected chi connectivity index (χ0v) is 78.4. The van der Waals surface area contributed by atoms with Gasteiger partial charge in [0.05, 0.1) is 45.6 Å². The quantitative estimate of drug-likeness (QED) is 0.0450. The molecule has 4 unspecified atom stereocenters. The number of halogens is 7. The fraction of sp³-hybridized carbons (Fsp3) is 0.212. The summed E-state index contributed by atoms with van der Waals surface area (Å²) in [6, 6.07) is 78.6. The van der Waals surface area contributed by atoms with Crippen molar-refractivity contribution in [1.29, 1.82) is 0 Å². The number of carbonyl (C=O) groups is 6. The molecule has 0 aromatic heterocycles. The Bertz CT molecular complexity index is 6080. The third kappa shape index (κ3) is 25.6. The summed E-state index contributed by atoms with van der Waals surface area (Å²) in [5.74, 6) is -0.804. The Morgan fingerprint density at radius 1 is 0.446 bits per heavy atom. The average molecular weight is 1910 g/mol. The lowest BCUT2D eigenvalue weighted by Gasteiger charge is -2.21. The number of amides is 6. The van der Waals surface area contributed by atoms with Crippen LogP contribution in [-0.2, 0) is 54.5 Å². The number of hydrogen-bond acceptors (Lipinski definition) is 13. The normalized spacial score (nSPS) is 15.5. The molecule has 4 aliphatic heterocycles. The second kappa shape index (κ2) is 44.7. The summed E-state index contributed by atoms with van der Waals surface area (Å²) in [6.07, 6.45) is 3.12. The van der Waals surface area contributed by atoms with Crippen LogP contribution in [0.5, 0.6) is 11.5 Å². The van der Waals surface area contributed by atoms with Crippen molar-refractivity contribution < 1.29 is 43.4 Å². The van der Waals surface area contributed by atoms with Crippen molar-refractivity contribution >= 4 is 166 Å². The maximum absolute atomic E-state index is 14.3. The van der Waals surface area contributed by atoms with E-state index >= 15 is 0 Å². The molecule has 19 nitrogen and oxygen atoms in total. The fourth-order valence-electron chi connectivity index (χ4n) is 14.9. The molecule has 6 amide bonds. The Balaban J connectivity index is 0.000000156. The molecule has 16 rings (SSSR count). The first-order valence-electron chi connectivity index (χ1n) is 42.3. The van der Waals surface area contributed by atoms with Crippen molar-refractivity contribution in [2.24, 2.45) is 25.4 Å². The highest BCUT2D eigenvalue weighted by molar-refractivity contribution is 9.10. The molecule has 4 aliphatic rings. The number of phenolic OH excluding ortho intramolecular Hbond substituents is 2. The number of fused-ring (bicyclic) bond motifs is 4. The number of hydrogen-bond donors (Lipinski definition) is 6. The summed E-state index contributed by atoms with van der Waals surface area (Å²) in [6.45, 7) is 10.9. The predicted octanol–water partition coefficient (Wildman–Crippen LogP) is 22.7. The maximum Gasteiger partial charge on any atom is 0.251 e. The topological polar surface area (TPSA) is 250 Å². The number of rotatable bonds is 19. The highest BCUT2D eigenvalue weighted by atomic mass is 79.9. The van der Waals surface area contributed by atoms with Crippen LogP contribution in [0.2, 0.25) is 25.1 Å². The summed E-state index contributed by atoms with van der Waals surface area (Å²) >= 11 is 35.0. The molecule has 130 heavy (non-hydrogen) atoms. The van der Waals surface area contributed by atoms with E-state index in [-0.39, 0.29) is 64.6 Å². The Morgan fingerprint density at radius 2 is 0.815 bits per heavy atom. The van der Waals surface area contributed by atoms with E-state index in [0.29, 0.717) is 108 Å². The van der Waals surface area contributed by atoms with Gasteiger partial charge in [-0.2, -0.15) is 0 Å². The molecule has 0 spiro atoms. The van der Waals surface area contributed by atoms with Gasteiger partial charge < -0.3 is 46.2 Å². The SMILES string of the molecule is CC.CC(C)(C)CC(=O)Nc1ccc(C2=NC(Cc3ccccc3F)C(=O)Nc3ccc(Cl)cc32)cc1.CN(C)CCCC(=O)Nc1ccc(C2=NC(Cc3ccccc3)C(=O)Nc3ccc(Cl)cc32)cc1.CN1C(=O)C(Cc2ccccc2Br)N=C(c2ccc(O)cc2)c2cc(Cl)ccc21.CN1C(=O)C(Cc2ccccc2Cl)N=C(c2ccc(O)cc2)c2cc(Cl)ccc21. The summed E-state index contributed by atoms with van der Waals surface area (Å²) in [5, 5.41) is 33.9. The molecule has 0 bridgehead atoms. The molecular formula is C104H98BrCl5FN11O8. The number of aliphatic imine (C=N–C) groups is 4. The second-order valence-corrected chi connectivity index (χ2v) is 35.5. The molecule has 26 heteroatoms. The van der Waals surface area contributed by atoms with Gasteiger partial charge in [0.2, 0.25) is 23.6 Å². The first-order valence-corrected chi connectivity index (χ1v) is 45.0. The van der Waals surface area contributed by atoms with E-state index in [4.69, 9.17) is 78.0 Å². The molecule has 0 saturated carbocycles. The van der Waals surface area contributed by atoms with Gasteiger partial charge in [-0.05, 0) is 219 Å². The molecule has 12 aromatic rings. The molecule has 0 radical (unpaired) electrons. The molecule has 4 atom stereocenters. The van der Waals surface area contributed by atoms with Crippen molar-refractivity contribution in [2.75, 3.05) is 65.8 Å². The maximum atomic E-state index is 14.3. The largest absolute Gasteiger partial charge is 0.508 e. The van der Waals surface area contributed by atoms with E-state index in [1.165, 1.54) is 6.07 Å². The lowest BCUT2D eigenvalue weighted by Crippen LogP contribution is -2.36. The number of benzodiazepines with no additional fused rings is 4. The van der Waals surface area contributed by atoms with Crippen molar-refractivity contribution in [2.45, 2.75) is 104 Å². The number of benzene rings is 12. The summed E-state index contributed by atoms with van der Waals surface area (Å²) in [7, 11) is 7.48. The minimum Gasteiger partial charge on any atom is -0.508 e. The number of likely N-dealkylation sites (N-methyl/N-ethyl adjacent to an activating group) is 2. The van der Waals surface area contributed by atoms with Gasteiger partial charge in [0, 0.05) is 138 Å². The first-order chi connectivity index (χ1) is 62.3. The standard InChI is InChI=1S/C28H27ClFN3O2.C28H29ClN4O2.C23H18BrClN2O2.C23H18Cl2N2O2.C2H6/c1-28(2,3)16-25(34)31-20-11-8-17(9-12-20)26-21-15-19(29)10-13-23(21)33-27(35)24(32-26)14-18-6-4-5-7-22(18)30;1-33(2)16-6-9-26(34)30-22-13-10-20(11-14-22)27-23-18-21(29)12-15-24(23)32-28(35)25(31-27)17-19-7-4-3-5-8-19;1-27-21-11-8-16(25)13-18(21)22(14-6-9-17(28)10-7-14)26-20(23(27)29)12-15-4-2-3-5-19(15)24;1-27-21-11-8-16(24)13-18(21)22(14-6-9-17(28)10-7-14)26-20(23(27)29)12-15-4-2-3-5-19(15)25;1-2/h4-13,15,24H,14,16H2,1-3H3,(H,31,34)(H,33,35);3-5,7-8,10-15,18,25H,6,9,16-17H2,1-2H3,(H,30,34)(H,32,35);2*2-11,13,20,28H,12H2,1H3;1-2H3. The highest BCUT2D eigenvalue weighted by Gasteiger charge is 2.35. The number of nitrogens with zero attached hydrogens (tertiary/aromatic N) is 7. The molecule has 0 saturated heterocycles. The van der Waals surface area contributed by atoms with E-state index < -0.39 is 24.2 Å². The minimum absolute atomic E-state index is 0.0127. The van der Waals surface area contributed by atoms with Crippen molar-refractivity contribution in [1.82, 2.24) is 4.90 Å². The Kier molecular flexibility index (Phi) is 33.2. The predicted molar refractivity (Wildman–Crippen MR) is 530 cm³/mol. The first kappa shape index (κ1) is 96.6. The van der Waals surface area contributed by atoms with E-state index in [2.05, 4.69) is 42.1 Å². The Hall–Kier alpha value is -12.4. The second-order valence-electron chi connectivity index (χ2n) is 32.5. The molecule has 12 aromatic carbocycles. The minimum atomic E-state index is -0.834. The monoisotopic (exact) mass is 1900 g/mol. The van der Waals surface area contributed by atoms with Crippen LogP contribution in [0, 0.1) is 11.2 Å². The van der Waals surface area contributed by atoms with Crippen molar-refractivity contribution in [3.05, 3.63) is 375 Å². The van der Waals surface area contributed by atoms with Crippen LogP contribution >= 0.6 is 73.9 Å². The van der Waals surface area contributed by atoms with Crippen LogP contribution < -0.4 is 31.1 Å². The number of carbonyl (C=O) groups excluding carboxylic acids is 6. The van der Waals surface area contributed by atoms with Crippen LogP contribution in [0.25, 0.3) is 0 Å². The highest BCUT2D eigenvalue weighted by Crippen LogP contribution is 2.38. The van der Waals surface area contributed by atoms with Crippen LogP contribution in [0.1, 0.15) is 121 Å². The van der Waals surface area contributed by atoms with Gasteiger partial charge in [-0.25, -0.2) is 4.39 Å². The van der Waals surface area contributed by atoms with Gasteiger partial charge in [0.1, 0.15) is 41.5 Å². The fourth-order valence-corrected chi connectivity index (χ4v) is 16.3. The van der Waals surface area contributed by atoms with Crippen LogP contribution in [-0.4, -0.2) is 132 Å². The Morgan fingerprint density at radius 3 is 1.26 bits per heavy atom. The number of aromatic hydroxyl groups is 2. The van der Waals surface area contributed by atoms with Gasteiger partial charge in [0.15, 0.2) is 0 Å². The van der Waals surface area contributed by atoms with Crippen molar-refractivity contribution in [3.8, 4) is 11.5 Å². The summed E-state index contributed by atoms with van der Waals surface area (Å²) in [5.41, 5.74) is 16.1. The number of phenols is 2. The zero-order chi connectivity index (χ0) is 93.0. The third-order valence-corrected chi connectivity index (χ3v) is 23.4. The number of nitrogens with one attached hydrogen (secondary N) is 4. The molecule has 0 fully saturated rings. The van der Waals surface area contributed by atoms with Crippen LogP contribution in [0.4, 0.5) is 38.5 Å². The molecular weight excluding hydrogens is 1810 g/mol. The van der Waals surface area contributed by atoms with Gasteiger partial charge >= 0.3 is 0 Å². The zero-order valence-electron chi connectivity index (χ0n) is 73.1. The smallest absolute Gasteiger partial charge is 0.251 e. The Labute approximate surface area is 790 Å². The van der Waals surface area contributed by atoms with E-state index in [9.17, 15) is 43.4 Å². The molecule has 6 N–H and O–H groups in total. The van der Waals surface area contributed by atoms with E-state index in [1.807, 2.05) is 188 Å². The average Bonchev–Trinajstić information content (AvgIpc) is 1.59. The summed E-state index contributed by atoms with van der Waals surface area (Å²) < 4.78 is 15.3.